The fourth-order valence-corrected chi connectivity index (χ4v) is 2.36. The van der Waals surface area contributed by atoms with Crippen LogP contribution in [0.1, 0.15) is 44.6 Å². The fourth-order valence-electron chi connectivity index (χ4n) is 2.36. The SMILES string of the molecule is CC[C@@H](C)c1ccc(NC(=O)COC(=O)[C@H]2CCC(=O)N2)cc1. The number of esters is 1. The molecule has 1 saturated heterocycles. The molecule has 124 valence electrons. The molecule has 1 aromatic carbocycles. The van der Waals surface area contributed by atoms with Gasteiger partial charge in [-0.05, 0) is 36.5 Å². The van der Waals surface area contributed by atoms with E-state index in [1.165, 1.54) is 5.56 Å². The van der Waals surface area contributed by atoms with Crippen LogP contribution >= 0.6 is 0 Å². The number of anilines is 1. The molecule has 2 N–H and O–H groups in total. The Morgan fingerprint density at radius 1 is 1.35 bits per heavy atom. The van der Waals surface area contributed by atoms with E-state index in [2.05, 4.69) is 24.5 Å². The van der Waals surface area contributed by atoms with Gasteiger partial charge in [0.1, 0.15) is 6.04 Å². The van der Waals surface area contributed by atoms with E-state index in [-0.39, 0.29) is 12.5 Å². The smallest absolute Gasteiger partial charge is 0.329 e. The second-order valence-electron chi connectivity index (χ2n) is 5.75. The van der Waals surface area contributed by atoms with E-state index in [1.807, 2.05) is 24.3 Å². The van der Waals surface area contributed by atoms with Crippen molar-refractivity contribution in [2.45, 2.75) is 45.1 Å². The van der Waals surface area contributed by atoms with Gasteiger partial charge in [-0.15, -0.1) is 0 Å². The summed E-state index contributed by atoms with van der Waals surface area (Å²) in [5.74, 6) is -0.669. The predicted molar refractivity (Wildman–Crippen MR) is 85.9 cm³/mol. The first-order valence-corrected chi connectivity index (χ1v) is 7.85. The second-order valence-corrected chi connectivity index (χ2v) is 5.75. The number of carbonyl (C=O) groups excluding carboxylic acids is 3. The molecule has 0 unspecified atom stereocenters. The molecule has 2 rings (SSSR count). The summed E-state index contributed by atoms with van der Waals surface area (Å²) in [5.41, 5.74) is 1.88. The van der Waals surface area contributed by atoms with Crippen molar-refractivity contribution in [3.8, 4) is 0 Å². The van der Waals surface area contributed by atoms with Gasteiger partial charge in [0.05, 0.1) is 0 Å². The molecule has 0 bridgehead atoms. The summed E-state index contributed by atoms with van der Waals surface area (Å²) < 4.78 is 4.92. The lowest BCUT2D eigenvalue weighted by Gasteiger charge is -2.12. The molecule has 0 aromatic heterocycles. The van der Waals surface area contributed by atoms with Gasteiger partial charge in [-0.25, -0.2) is 4.79 Å². The lowest BCUT2D eigenvalue weighted by Crippen LogP contribution is -2.36. The largest absolute Gasteiger partial charge is 0.454 e. The van der Waals surface area contributed by atoms with Crippen LogP contribution < -0.4 is 10.6 Å². The van der Waals surface area contributed by atoms with Crippen molar-refractivity contribution in [2.75, 3.05) is 11.9 Å². The van der Waals surface area contributed by atoms with Gasteiger partial charge in [-0.1, -0.05) is 26.0 Å². The number of nitrogens with one attached hydrogen (secondary N) is 2. The second kappa shape index (κ2) is 7.76. The molecule has 1 heterocycles. The fraction of sp³-hybridized carbons (Fsp3) is 0.471. The van der Waals surface area contributed by atoms with Gasteiger partial charge in [-0.3, -0.25) is 9.59 Å². The number of amides is 2. The van der Waals surface area contributed by atoms with E-state index >= 15 is 0 Å². The van der Waals surface area contributed by atoms with Gasteiger partial charge >= 0.3 is 5.97 Å². The van der Waals surface area contributed by atoms with Crippen LogP contribution in [-0.2, 0) is 19.1 Å². The van der Waals surface area contributed by atoms with Crippen LogP contribution in [0.4, 0.5) is 5.69 Å². The Morgan fingerprint density at radius 3 is 2.61 bits per heavy atom. The van der Waals surface area contributed by atoms with Crippen molar-refractivity contribution >= 4 is 23.5 Å². The summed E-state index contributed by atoms with van der Waals surface area (Å²) in [6.45, 7) is 3.91. The van der Waals surface area contributed by atoms with E-state index < -0.39 is 17.9 Å². The zero-order chi connectivity index (χ0) is 16.8. The average Bonchev–Trinajstić information content (AvgIpc) is 2.99. The maximum atomic E-state index is 11.8. The molecular formula is C17H22N2O4. The number of ether oxygens (including phenoxy) is 1. The van der Waals surface area contributed by atoms with Crippen LogP contribution in [0.2, 0.25) is 0 Å². The molecule has 0 saturated carbocycles. The minimum Gasteiger partial charge on any atom is -0.454 e. The molecule has 0 radical (unpaired) electrons. The van der Waals surface area contributed by atoms with Gasteiger partial charge < -0.3 is 15.4 Å². The summed E-state index contributed by atoms with van der Waals surface area (Å²) in [6.07, 6.45) is 1.78. The van der Waals surface area contributed by atoms with Gasteiger partial charge in [0.2, 0.25) is 5.91 Å². The van der Waals surface area contributed by atoms with Crippen LogP contribution in [0.15, 0.2) is 24.3 Å². The third-order valence-electron chi connectivity index (χ3n) is 4.00. The highest BCUT2D eigenvalue weighted by atomic mass is 16.5. The topological polar surface area (TPSA) is 84.5 Å². The predicted octanol–water partition coefficient (Wildman–Crippen LogP) is 1.96. The summed E-state index contributed by atoms with van der Waals surface area (Å²) in [4.78, 5) is 34.5. The Bertz CT molecular complexity index is 583. The molecule has 1 fully saturated rings. The number of hydrogen-bond donors (Lipinski definition) is 2. The minimum absolute atomic E-state index is 0.169. The first-order valence-electron chi connectivity index (χ1n) is 7.85. The Morgan fingerprint density at radius 2 is 2.04 bits per heavy atom. The Kier molecular flexibility index (Phi) is 5.73. The monoisotopic (exact) mass is 318 g/mol. The van der Waals surface area contributed by atoms with E-state index in [0.29, 0.717) is 24.4 Å². The molecule has 1 aliphatic heterocycles. The lowest BCUT2D eigenvalue weighted by atomic mass is 9.99. The van der Waals surface area contributed by atoms with Crippen molar-refractivity contribution in [3.05, 3.63) is 29.8 Å². The highest BCUT2D eigenvalue weighted by Crippen LogP contribution is 2.20. The van der Waals surface area contributed by atoms with Crippen molar-refractivity contribution in [1.82, 2.24) is 5.32 Å². The summed E-state index contributed by atoms with van der Waals surface area (Å²) in [5, 5.41) is 5.18. The standard InChI is InChI=1S/C17H22N2O4/c1-3-11(2)12-4-6-13(7-5-12)18-16(21)10-23-17(22)14-8-9-15(20)19-14/h4-7,11,14H,3,8-10H2,1-2H3,(H,18,21)(H,19,20)/t11-,14-/m1/s1. The zero-order valence-electron chi connectivity index (χ0n) is 13.4. The van der Waals surface area contributed by atoms with Crippen LogP contribution in [0, 0.1) is 0 Å². The van der Waals surface area contributed by atoms with Crippen molar-refractivity contribution in [2.24, 2.45) is 0 Å². The molecule has 1 aromatic rings. The minimum atomic E-state index is -0.634. The van der Waals surface area contributed by atoms with Crippen LogP contribution in [0.25, 0.3) is 0 Å². The Hall–Kier alpha value is -2.37. The number of hydrogen-bond acceptors (Lipinski definition) is 4. The molecule has 2 atom stereocenters. The van der Waals surface area contributed by atoms with Crippen molar-refractivity contribution in [1.29, 1.82) is 0 Å². The first kappa shape index (κ1) is 17.0. The molecule has 6 heteroatoms. The average molecular weight is 318 g/mol. The molecule has 0 aliphatic carbocycles. The maximum absolute atomic E-state index is 11.8. The van der Waals surface area contributed by atoms with E-state index in [9.17, 15) is 14.4 Å². The molecule has 0 spiro atoms. The maximum Gasteiger partial charge on any atom is 0.329 e. The van der Waals surface area contributed by atoms with E-state index in [0.717, 1.165) is 6.42 Å². The normalized spacial score (nSPS) is 18.2. The molecule has 2 amide bonds. The summed E-state index contributed by atoms with van der Waals surface area (Å²) in [6, 6.07) is 6.98. The van der Waals surface area contributed by atoms with E-state index in [1.54, 1.807) is 0 Å². The Labute approximate surface area is 135 Å². The number of carbonyl (C=O) groups is 3. The van der Waals surface area contributed by atoms with Gasteiger partial charge in [-0.2, -0.15) is 0 Å². The highest BCUT2D eigenvalue weighted by molar-refractivity contribution is 5.94. The van der Waals surface area contributed by atoms with Crippen LogP contribution in [0.3, 0.4) is 0 Å². The van der Waals surface area contributed by atoms with Gasteiger partial charge in [0.25, 0.3) is 5.91 Å². The number of rotatable bonds is 6. The van der Waals surface area contributed by atoms with Crippen LogP contribution in [-0.4, -0.2) is 30.4 Å². The zero-order valence-corrected chi connectivity index (χ0v) is 13.4. The third kappa shape index (κ3) is 4.81. The number of benzene rings is 1. The van der Waals surface area contributed by atoms with Crippen LogP contribution in [0.5, 0.6) is 0 Å². The quantitative estimate of drug-likeness (QED) is 0.785. The molecule has 1 aliphatic rings. The molecular weight excluding hydrogens is 296 g/mol. The lowest BCUT2D eigenvalue weighted by molar-refractivity contribution is -0.149. The highest BCUT2D eigenvalue weighted by Gasteiger charge is 2.28. The third-order valence-corrected chi connectivity index (χ3v) is 4.00. The Balaban J connectivity index is 1.78. The first-order chi connectivity index (χ1) is 11.0. The van der Waals surface area contributed by atoms with Gasteiger partial charge in [0, 0.05) is 12.1 Å². The molecule has 6 nitrogen and oxygen atoms in total. The molecule has 23 heavy (non-hydrogen) atoms. The van der Waals surface area contributed by atoms with Crippen molar-refractivity contribution < 1.29 is 19.1 Å². The van der Waals surface area contributed by atoms with E-state index in [4.69, 9.17) is 4.74 Å². The summed E-state index contributed by atoms with van der Waals surface area (Å²) in [7, 11) is 0. The summed E-state index contributed by atoms with van der Waals surface area (Å²) >= 11 is 0. The van der Waals surface area contributed by atoms with Gasteiger partial charge in [0.15, 0.2) is 6.61 Å². The van der Waals surface area contributed by atoms with Crippen molar-refractivity contribution in [3.63, 3.8) is 0 Å².